The monoisotopic (exact) mass is 324 g/mol. The molecule has 3 fully saturated rings. The van der Waals surface area contributed by atoms with Gasteiger partial charge in [-0.1, -0.05) is 40.0 Å². The van der Waals surface area contributed by atoms with E-state index in [1.165, 1.54) is 64.2 Å². The first-order valence-corrected chi connectivity index (χ1v) is 10.6. The summed E-state index contributed by atoms with van der Waals surface area (Å²) in [5.41, 5.74) is 0. The number of hydrogen-bond donors (Lipinski definition) is 0. The fraction of sp³-hybridized carbons (Fsp3) is 1.00. The largest absolute Gasteiger partial charge is 0.122 e. The van der Waals surface area contributed by atoms with Gasteiger partial charge in [-0.05, 0) is 86.4 Å². The highest BCUT2D eigenvalue weighted by molar-refractivity contribution is 6.21. The minimum atomic E-state index is 0.445. The summed E-state index contributed by atoms with van der Waals surface area (Å²) in [6.07, 6.45) is 14.8. The Morgan fingerprint density at radius 1 is 0.591 bits per heavy atom. The smallest absolute Gasteiger partial charge is 0.0395 e. The lowest BCUT2D eigenvalue weighted by Crippen LogP contribution is -2.38. The topological polar surface area (TPSA) is 0 Å². The first kappa shape index (κ1) is 17.1. The van der Waals surface area contributed by atoms with Crippen molar-refractivity contribution in [2.45, 2.75) is 90.4 Å². The Labute approximate surface area is 143 Å². The molecule has 0 heterocycles. The van der Waals surface area contributed by atoms with Crippen LogP contribution in [0.5, 0.6) is 0 Å². The van der Waals surface area contributed by atoms with Crippen LogP contribution in [0.25, 0.3) is 0 Å². The highest BCUT2D eigenvalue weighted by Crippen LogP contribution is 2.48. The van der Waals surface area contributed by atoms with Gasteiger partial charge in [0.15, 0.2) is 0 Å². The van der Waals surface area contributed by atoms with Crippen LogP contribution in [0.2, 0.25) is 0 Å². The van der Waals surface area contributed by atoms with Gasteiger partial charge < -0.3 is 0 Å². The minimum Gasteiger partial charge on any atom is -0.122 e. The molecular formula is C21H37Cl. The molecule has 0 aromatic carbocycles. The van der Waals surface area contributed by atoms with E-state index < -0.39 is 0 Å². The first-order valence-electron chi connectivity index (χ1n) is 10.2. The zero-order valence-electron chi connectivity index (χ0n) is 15.1. The molecule has 0 saturated heterocycles. The molecule has 0 radical (unpaired) electrons. The van der Waals surface area contributed by atoms with Gasteiger partial charge >= 0.3 is 0 Å². The van der Waals surface area contributed by atoms with Crippen molar-refractivity contribution in [3.63, 3.8) is 0 Å². The molecule has 3 rings (SSSR count). The second-order valence-electron chi connectivity index (χ2n) is 9.22. The minimum absolute atomic E-state index is 0.445. The number of rotatable bonds is 2. The summed E-state index contributed by atoms with van der Waals surface area (Å²) in [4.78, 5) is 0. The molecule has 0 aromatic rings. The molecule has 0 amide bonds. The quantitative estimate of drug-likeness (QED) is 0.484. The first-order chi connectivity index (χ1) is 10.6. The molecule has 1 heteroatoms. The van der Waals surface area contributed by atoms with Crippen LogP contribution in [0, 0.1) is 41.4 Å². The van der Waals surface area contributed by atoms with Gasteiger partial charge in [-0.2, -0.15) is 0 Å². The standard InChI is InChI=1S/C21H37Cl/c1-14-4-7-17(8-5-14)18-9-11-19(12-10-18)20-13-6-15(2)16(3)21(20)22/h14-21H,4-13H2,1-3H3/t14?,15?,16?,17?,18?,19?,20?,21-/m0/s1. The van der Waals surface area contributed by atoms with Crippen molar-refractivity contribution in [2.24, 2.45) is 41.4 Å². The molecular weight excluding hydrogens is 288 g/mol. The van der Waals surface area contributed by atoms with Crippen LogP contribution in [0.3, 0.4) is 0 Å². The Hall–Kier alpha value is 0.290. The van der Waals surface area contributed by atoms with E-state index in [0.29, 0.717) is 5.38 Å². The van der Waals surface area contributed by atoms with E-state index in [0.717, 1.165) is 41.4 Å². The predicted octanol–water partition coefficient (Wildman–Crippen LogP) is 6.91. The summed E-state index contributed by atoms with van der Waals surface area (Å²) in [7, 11) is 0. The molecule has 3 aliphatic carbocycles. The van der Waals surface area contributed by atoms with Gasteiger partial charge in [0.25, 0.3) is 0 Å². The molecule has 0 N–H and O–H groups in total. The van der Waals surface area contributed by atoms with Crippen molar-refractivity contribution < 1.29 is 0 Å². The molecule has 0 aromatic heterocycles. The van der Waals surface area contributed by atoms with Crippen molar-refractivity contribution in [3.8, 4) is 0 Å². The van der Waals surface area contributed by atoms with Gasteiger partial charge in [0.05, 0.1) is 0 Å². The Morgan fingerprint density at radius 3 is 1.68 bits per heavy atom. The van der Waals surface area contributed by atoms with E-state index in [2.05, 4.69) is 20.8 Å². The number of halogens is 1. The fourth-order valence-corrected chi connectivity index (χ4v) is 6.46. The lowest BCUT2D eigenvalue weighted by Gasteiger charge is -2.44. The third kappa shape index (κ3) is 3.68. The molecule has 0 aliphatic heterocycles. The molecule has 3 unspecified atom stereocenters. The SMILES string of the molecule is CC1CCC(C2CCC(C3CCC(C)C(C)[C@@H]3Cl)CC2)CC1. The van der Waals surface area contributed by atoms with E-state index >= 15 is 0 Å². The average Bonchev–Trinajstić information content (AvgIpc) is 2.54. The maximum absolute atomic E-state index is 6.86. The fourth-order valence-electron chi connectivity index (χ4n) is 5.88. The van der Waals surface area contributed by atoms with Crippen LogP contribution in [-0.4, -0.2) is 5.38 Å². The van der Waals surface area contributed by atoms with Crippen LogP contribution < -0.4 is 0 Å². The average molecular weight is 325 g/mol. The van der Waals surface area contributed by atoms with Crippen molar-refractivity contribution in [2.75, 3.05) is 0 Å². The van der Waals surface area contributed by atoms with Gasteiger partial charge in [-0.15, -0.1) is 11.6 Å². The van der Waals surface area contributed by atoms with Crippen LogP contribution >= 0.6 is 11.6 Å². The Morgan fingerprint density at radius 2 is 1.09 bits per heavy atom. The molecule has 3 saturated carbocycles. The number of alkyl halides is 1. The predicted molar refractivity (Wildman–Crippen MR) is 97.3 cm³/mol. The second kappa shape index (κ2) is 7.45. The molecule has 0 nitrogen and oxygen atoms in total. The summed E-state index contributed by atoms with van der Waals surface area (Å²) in [6.45, 7) is 7.24. The van der Waals surface area contributed by atoms with Gasteiger partial charge in [-0.25, -0.2) is 0 Å². The van der Waals surface area contributed by atoms with Crippen molar-refractivity contribution in [1.29, 1.82) is 0 Å². The third-order valence-corrected chi connectivity index (χ3v) is 8.63. The van der Waals surface area contributed by atoms with E-state index in [-0.39, 0.29) is 0 Å². The zero-order valence-corrected chi connectivity index (χ0v) is 15.8. The van der Waals surface area contributed by atoms with Gasteiger partial charge in [0.1, 0.15) is 0 Å². The molecule has 0 spiro atoms. The Bertz CT molecular complexity index is 336. The van der Waals surface area contributed by atoms with E-state index in [9.17, 15) is 0 Å². The number of hydrogen-bond acceptors (Lipinski definition) is 0. The van der Waals surface area contributed by atoms with Gasteiger partial charge in [0.2, 0.25) is 0 Å². The molecule has 4 atom stereocenters. The van der Waals surface area contributed by atoms with E-state index in [1.807, 2.05) is 0 Å². The Kier molecular flexibility index (Phi) is 5.80. The highest BCUT2D eigenvalue weighted by atomic mass is 35.5. The lowest BCUT2D eigenvalue weighted by molar-refractivity contribution is 0.0940. The normalized spacial score (nSPS) is 50.7. The van der Waals surface area contributed by atoms with Crippen molar-refractivity contribution in [3.05, 3.63) is 0 Å². The van der Waals surface area contributed by atoms with E-state index in [1.54, 1.807) is 0 Å². The zero-order chi connectivity index (χ0) is 15.7. The summed E-state index contributed by atoms with van der Waals surface area (Å²) < 4.78 is 0. The van der Waals surface area contributed by atoms with Crippen LogP contribution in [0.4, 0.5) is 0 Å². The molecule has 128 valence electrons. The van der Waals surface area contributed by atoms with Crippen molar-refractivity contribution >= 4 is 11.6 Å². The summed E-state index contributed by atoms with van der Waals surface area (Å²) in [5.74, 6) is 6.43. The van der Waals surface area contributed by atoms with E-state index in [4.69, 9.17) is 11.6 Å². The maximum atomic E-state index is 6.86. The van der Waals surface area contributed by atoms with Crippen LogP contribution in [0.15, 0.2) is 0 Å². The van der Waals surface area contributed by atoms with Crippen LogP contribution in [-0.2, 0) is 0 Å². The maximum Gasteiger partial charge on any atom is 0.0395 e. The van der Waals surface area contributed by atoms with Crippen LogP contribution in [0.1, 0.15) is 85.0 Å². The lowest BCUT2D eigenvalue weighted by atomic mass is 9.63. The molecule has 0 bridgehead atoms. The summed E-state index contributed by atoms with van der Waals surface area (Å²) in [6, 6.07) is 0. The molecule has 3 aliphatic rings. The summed E-state index contributed by atoms with van der Waals surface area (Å²) in [5, 5.41) is 0.445. The third-order valence-electron chi connectivity index (χ3n) is 7.91. The second-order valence-corrected chi connectivity index (χ2v) is 9.72. The van der Waals surface area contributed by atoms with Gasteiger partial charge in [0, 0.05) is 5.38 Å². The van der Waals surface area contributed by atoms with Gasteiger partial charge in [-0.3, -0.25) is 0 Å². The highest BCUT2D eigenvalue weighted by Gasteiger charge is 2.40. The molecule has 22 heavy (non-hydrogen) atoms. The van der Waals surface area contributed by atoms with Crippen molar-refractivity contribution in [1.82, 2.24) is 0 Å². The Balaban J connectivity index is 1.49. The summed E-state index contributed by atoms with van der Waals surface area (Å²) >= 11 is 6.86.